The van der Waals surface area contributed by atoms with Crippen molar-refractivity contribution in [3.05, 3.63) is 0 Å². The van der Waals surface area contributed by atoms with Crippen molar-refractivity contribution in [2.75, 3.05) is 39.3 Å². The van der Waals surface area contributed by atoms with E-state index in [2.05, 4.69) is 17.1 Å². The van der Waals surface area contributed by atoms with Crippen molar-refractivity contribution >= 4 is 0 Å². The highest BCUT2D eigenvalue weighted by molar-refractivity contribution is 4.72. The zero-order chi connectivity index (χ0) is 11.2. The van der Waals surface area contributed by atoms with Crippen molar-refractivity contribution < 1.29 is 4.74 Å². The predicted octanol–water partition coefficient (Wildman–Crippen LogP) is 1.49. The van der Waals surface area contributed by atoms with Gasteiger partial charge in [-0.2, -0.15) is 0 Å². The average Bonchev–Trinajstić information content (AvgIpc) is 2.52. The van der Waals surface area contributed by atoms with Gasteiger partial charge >= 0.3 is 0 Å². The maximum absolute atomic E-state index is 5.67. The van der Waals surface area contributed by atoms with Crippen LogP contribution in [-0.4, -0.2) is 50.3 Å². The minimum Gasteiger partial charge on any atom is -0.377 e. The summed E-state index contributed by atoms with van der Waals surface area (Å²) in [6, 6.07) is 0. The second kappa shape index (κ2) is 6.58. The zero-order valence-corrected chi connectivity index (χ0v) is 10.6. The Morgan fingerprint density at radius 3 is 2.94 bits per heavy atom. The molecule has 0 radical (unpaired) electrons. The zero-order valence-electron chi connectivity index (χ0n) is 10.6. The first-order chi connectivity index (χ1) is 7.84. The Balaban J connectivity index is 1.67. The third-order valence-corrected chi connectivity index (χ3v) is 3.85. The first kappa shape index (κ1) is 12.3. The lowest BCUT2D eigenvalue weighted by Crippen LogP contribution is -2.34. The van der Waals surface area contributed by atoms with Crippen LogP contribution in [0.25, 0.3) is 0 Å². The number of hydrogen-bond acceptors (Lipinski definition) is 3. The molecule has 2 fully saturated rings. The maximum atomic E-state index is 5.67. The molecular formula is C13H26N2O. The Hall–Kier alpha value is -0.120. The Morgan fingerprint density at radius 2 is 2.12 bits per heavy atom. The summed E-state index contributed by atoms with van der Waals surface area (Å²) < 4.78 is 5.67. The van der Waals surface area contributed by atoms with Crippen LogP contribution in [0.3, 0.4) is 0 Å². The first-order valence-electron chi connectivity index (χ1n) is 6.89. The van der Waals surface area contributed by atoms with Crippen molar-refractivity contribution in [3.8, 4) is 0 Å². The van der Waals surface area contributed by atoms with Crippen LogP contribution in [0.4, 0.5) is 0 Å². The van der Waals surface area contributed by atoms with Crippen molar-refractivity contribution in [2.45, 2.75) is 38.7 Å². The molecule has 0 aromatic carbocycles. The molecular weight excluding hydrogens is 200 g/mol. The molecule has 2 saturated heterocycles. The van der Waals surface area contributed by atoms with Gasteiger partial charge in [-0.3, -0.25) is 0 Å². The Bertz CT molecular complexity index is 192. The van der Waals surface area contributed by atoms with E-state index in [1.165, 1.54) is 51.9 Å². The second-order valence-corrected chi connectivity index (χ2v) is 5.32. The second-order valence-electron chi connectivity index (χ2n) is 5.32. The van der Waals surface area contributed by atoms with Gasteiger partial charge < -0.3 is 15.0 Å². The van der Waals surface area contributed by atoms with Crippen LogP contribution >= 0.6 is 0 Å². The standard InChI is InChI=1S/C13H26N2O/c1-12-11-15(8-2-10-16-12)9-5-13-3-6-14-7-4-13/h12-14H,2-11H2,1H3. The average molecular weight is 226 g/mol. The largest absolute Gasteiger partial charge is 0.377 e. The lowest BCUT2D eigenvalue weighted by molar-refractivity contribution is 0.0667. The van der Waals surface area contributed by atoms with Crippen LogP contribution in [0.1, 0.15) is 32.6 Å². The van der Waals surface area contributed by atoms with E-state index in [0.29, 0.717) is 6.10 Å². The molecule has 0 saturated carbocycles. The van der Waals surface area contributed by atoms with Crippen molar-refractivity contribution in [2.24, 2.45) is 5.92 Å². The first-order valence-corrected chi connectivity index (χ1v) is 6.89. The van der Waals surface area contributed by atoms with E-state index in [4.69, 9.17) is 4.74 Å². The van der Waals surface area contributed by atoms with E-state index < -0.39 is 0 Å². The molecule has 2 heterocycles. The Kier molecular flexibility index (Phi) is 5.07. The normalized spacial score (nSPS) is 30.2. The van der Waals surface area contributed by atoms with E-state index in [-0.39, 0.29) is 0 Å². The summed E-state index contributed by atoms with van der Waals surface area (Å²) in [5, 5.41) is 3.44. The molecule has 2 rings (SSSR count). The van der Waals surface area contributed by atoms with Gasteiger partial charge in [0.1, 0.15) is 0 Å². The van der Waals surface area contributed by atoms with Gasteiger partial charge in [0.15, 0.2) is 0 Å². The van der Waals surface area contributed by atoms with Gasteiger partial charge in [0.05, 0.1) is 6.10 Å². The molecule has 1 unspecified atom stereocenters. The van der Waals surface area contributed by atoms with Crippen LogP contribution in [0.5, 0.6) is 0 Å². The van der Waals surface area contributed by atoms with E-state index in [1.807, 2.05) is 0 Å². The number of nitrogens with one attached hydrogen (secondary N) is 1. The summed E-state index contributed by atoms with van der Waals surface area (Å²) in [5.74, 6) is 0.959. The monoisotopic (exact) mass is 226 g/mol. The molecule has 1 atom stereocenters. The van der Waals surface area contributed by atoms with Crippen LogP contribution in [-0.2, 0) is 4.74 Å². The summed E-state index contributed by atoms with van der Waals surface area (Å²) in [6.45, 7) is 9.24. The molecule has 0 bridgehead atoms. The van der Waals surface area contributed by atoms with Crippen molar-refractivity contribution in [3.63, 3.8) is 0 Å². The summed E-state index contributed by atoms with van der Waals surface area (Å²) in [4.78, 5) is 2.60. The predicted molar refractivity (Wildman–Crippen MR) is 66.7 cm³/mol. The number of ether oxygens (including phenoxy) is 1. The van der Waals surface area contributed by atoms with Gasteiger partial charge in [-0.15, -0.1) is 0 Å². The summed E-state index contributed by atoms with van der Waals surface area (Å²) in [5.41, 5.74) is 0. The van der Waals surface area contributed by atoms with E-state index >= 15 is 0 Å². The molecule has 2 aliphatic rings. The summed E-state index contributed by atoms with van der Waals surface area (Å²) >= 11 is 0. The highest BCUT2D eigenvalue weighted by Crippen LogP contribution is 2.17. The van der Waals surface area contributed by atoms with Crippen molar-refractivity contribution in [1.29, 1.82) is 0 Å². The molecule has 0 amide bonds. The summed E-state index contributed by atoms with van der Waals surface area (Å²) in [7, 11) is 0. The molecule has 2 aliphatic heterocycles. The minimum atomic E-state index is 0.426. The van der Waals surface area contributed by atoms with Gasteiger partial charge in [-0.05, 0) is 58.2 Å². The molecule has 0 aromatic heterocycles. The number of piperidine rings is 1. The lowest BCUT2D eigenvalue weighted by Gasteiger charge is -2.27. The van der Waals surface area contributed by atoms with Crippen LogP contribution in [0.15, 0.2) is 0 Å². The minimum absolute atomic E-state index is 0.426. The fourth-order valence-corrected chi connectivity index (χ4v) is 2.82. The van der Waals surface area contributed by atoms with Crippen LogP contribution in [0, 0.1) is 5.92 Å². The van der Waals surface area contributed by atoms with Crippen molar-refractivity contribution in [1.82, 2.24) is 10.2 Å². The van der Waals surface area contributed by atoms with E-state index in [1.54, 1.807) is 0 Å². The molecule has 3 nitrogen and oxygen atoms in total. The van der Waals surface area contributed by atoms with Gasteiger partial charge in [-0.25, -0.2) is 0 Å². The van der Waals surface area contributed by atoms with Gasteiger partial charge in [0, 0.05) is 19.7 Å². The maximum Gasteiger partial charge on any atom is 0.0673 e. The third-order valence-electron chi connectivity index (χ3n) is 3.85. The Labute approximate surface area is 99.5 Å². The van der Waals surface area contributed by atoms with Gasteiger partial charge in [0.25, 0.3) is 0 Å². The Morgan fingerprint density at radius 1 is 1.31 bits per heavy atom. The summed E-state index contributed by atoms with van der Waals surface area (Å²) in [6.07, 6.45) is 5.76. The van der Waals surface area contributed by atoms with Crippen LogP contribution < -0.4 is 5.32 Å². The highest BCUT2D eigenvalue weighted by Gasteiger charge is 2.17. The number of hydrogen-bond donors (Lipinski definition) is 1. The molecule has 3 heteroatoms. The fraction of sp³-hybridized carbons (Fsp3) is 1.00. The fourth-order valence-electron chi connectivity index (χ4n) is 2.82. The quantitative estimate of drug-likeness (QED) is 0.789. The molecule has 0 spiro atoms. The van der Waals surface area contributed by atoms with E-state index in [9.17, 15) is 0 Å². The molecule has 1 N–H and O–H groups in total. The highest BCUT2D eigenvalue weighted by atomic mass is 16.5. The molecule has 0 aromatic rings. The molecule has 0 aliphatic carbocycles. The number of nitrogens with zero attached hydrogens (tertiary/aromatic N) is 1. The number of rotatable bonds is 3. The van der Waals surface area contributed by atoms with Gasteiger partial charge in [0.2, 0.25) is 0 Å². The SMILES string of the molecule is CC1CN(CCC2CCNCC2)CCCO1. The third kappa shape index (κ3) is 4.04. The lowest BCUT2D eigenvalue weighted by atomic mass is 9.94. The smallest absolute Gasteiger partial charge is 0.0673 e. The van der Waals surface area contributed by atoms with E-state index in [0.717, 1.165) is 19.1 Å². The molecule has 94 valence electrons. The molecule has 16 heavy (non-hydrogen) atoms. The van der Waals surface area contributed by atoms with Gasteiger partial charge in [-0.1, -0.05) is 0 Å². The topological polar surface area (TPSA) is 24.5 Å². The van der Waals surface area contributed by atoms with Crippen LogP contribution in [0.2, 0.25) is 0 Å².